The van der Waals surface area contributed by atoms with E-state index >= 15 is 0 Å². The normalized spacial score (nSPS) is 19.8. The largest absolute Gasteiger partial charge is 0.466 e. The third kappa shape index (κ3) is 2.08. The molecule has 1 aliphatic rings. The van der Waals surface area contributed by atoms with Gasteiger partial charge in [0.1, 0.15) is 0 Å². The summed E-state index contributed by atoms with van der Waals surface area (Å²) < 4.78 is 5.04. The Morgan fingerprint density at radius 2 is 2.15 bits per heavy atom. The Bertz CT molecular complexity index is 195. The number of hydrogen-bond donors (Lipinski definition) is 1. The van der Waals surface area contributed by atoms with Gasteiger partial charge in [-0.1, -0.05) is 12.8 Å². The van der Waals surface area contributed by atoms with E-state index in [4.69, 9.17) is 10.1 Å². The second kappa shape index (κ2) is 4.40. The lowest BCUT2D eigenvalue weighted by molar-refractivity contribution is -0.154. The first-order valence-electron chi connectivity index (χ1n) is 4.91. The molecule has 0 aromatic carbocycles. The molecule has 0 heterocycles. The highest BCUT2D eigenvalue weighted by atomic mass is 16.5. The van der Waals surface area contributed by atoms with Crippen molar-refractivity contribution in [3.05, 3.63) is 0 Å². The summed E-state index contributed by atoms with van der Waals surface area (Å²) in [4.78, 5) is 11.6. The molecule has 1 saturated carbocycles. The van der Waals surface area contributed by atoms with E-state index in [9.17, 15) is 4.79 Å². The summed E-state index contributed by atoms with van der Waals surface area (Å²) in [5, 5.41) is 7.09. The summed E-state index contributed by atoms with van der Waals surface area (Å²) in [7, 11) is 0. The maximum absolute atomic E-state index is 11.6. The molecule has 0 spiro atoms. The van der Waals surface area contributed by atoms with Gasteiger partial charge >= 0.3 is 5.97 Å². The average molecular weight is 183 g/mol. The lowest BCUT2D eigenvalue weighted by Crippen LogP contribution is -2.30. The highest BCUT2D eigenvalue weighted by Gasteiger charge is 2.41. The molecular weight excluding hydrogens is 166 g/mol. The summed E-state index contributed by atoms with van der Waals surface area (Å²) in [5.41, 5.74) is -0.349. The van der Waals surface area contributed by atoms with Crippen LogP contribution in [0.4, 0.5) is 0 Å². The van der Waals surface area contributed by atoms with E-state index in [1.807, 2.05) is 6.92 Å². The molecule has 1 rings (SSSR count). The van der Waals surface area contributed by atoms with E-state index in [-0.39, 0.29) is 11.4 Å². The van der Waals surface area contributed by atoms with Gasteiger partial charge in [-0.05, 0) is 32.4 Å². The van der Waals surface area contributed by atoms with Crippen LogP contribution in [0.15, 0.2) is 0 Å². The van der Waals surface area contributed by atoms with Gasteiger partial charge in [0, 0.05) is 0 Å². The maximum Gasteiger partial charge on any atom is 0.312 e. The van der Waals surface area contributed by atoms with Crippen molar-refractivity contribution in [1.29, 1.82) is 5.41 Å². The molecule has 0 aromatic rings. The number of rotatable bonds is 4. The topological polar surface area (TPSA) is 50.2 Å². The van der Waals surface area contributed by atoms with E-state index in [0.29, 0.717) is 13.0 Å². The monoisotopic (exact) mass is 183 g/mol. The van der Waals surface area contributed by atoms with Gasteiger partial charge in [-0.2, -0.15) is 0 Å². The van der Waals surface area contributed by atoms with Gasteiger partial charge in [-0.3, -0.25) is 4.79 Å². The molecule has 0 aromatic heterocycles. The van der Waals surface area contributed by atoms with E-state index in [2.05, 4.69) is 0 Å². The van der Waals surface area contributed by atoms with E-state index < -0.39 is 0 Å². The highest BCUT2D eigenvalue weighted by molar-refractivity contribution is 5.80. The van der Waals surface area contributed by atoms with Crippen LogP contribution in [0.5, 0.6) is 0 Å². The van der Waals surface area contributed by atoms with Crippen LogP contribution in [0.2, 0.25) is 0 Å². The molecule has 1 fully saturated rings. The van der Waals surface area contributed by atoms with Crippen molar-refractivity contribution in [3.63, 3.8) is 0 Å². The predicted molar refractivity (Wildman–Crippen MR) is 50.9 cm³/mol. The molecule has 0 amide bonds. The van der Waals surface area contributed by atoms with Crippen LogP contribution in [0, 0.1) is 10.8 Å². The summed E-state index contributed by atoms with van der Waals surface area (Å²) >= 11 is 0. The second-order valence-corrected chi connectivity index (χ2v) is 3.62. The fourth-order valence-corrected chi connectivity index (χ4v) is 2.02. The Labute approximate surface area is 79.0 Å². The molecule has 0 saturated heterocycles. The van der Waals surface area contributed by atoms with Crippen molar-refractivity contribution in [2.45, 2.75) is 39.0 Å². The third-order valence-electron chi connectivity index (χ3n) is 2.76. The van der Waals surface area contributed by atoms with Gasteiger partial charge in [0.2, 0.25) is 0 Å². The number of esters is 1. The zero-order valence-corrected chi connectivity index (χ0v) is 8.14. The molecule has 0 radical (unpaired) electrons. The third-order valence-corrected chi connectivity index (χ3v) is 2.76. The van der Waals surface area contributed by atoms with Gasteiger partial charge in [0.25, 0.3) is 0 Å². The number of nitrogens with one attached hydrogen (secondary N) is 1. The van der Waals surface area contributed by atoms with Crippen molar-refractivity contribution in [1.82, 2.24) is 0 Å². The Morgan fingerprint density at radius 3 is 2.62 bits per heavy atom. The SMILES string of the molecule is CCOC(=O)C1(CC=N)CCCC1. The lowest BCUT2D eigenvalue weighted by atomic mass is 9.83. The molecule has 0 atom stereocenters. The van der Waals surface area contributed by atoms with Crippen molar-refractivity contribution in [2.24, 2.45) is 5.41 Å². The van der Waals surface area contributed by atoms with Crippen molar-refractivity contribution in [3.8, 4) is 0 Å². The Morgan fingerprint density at radius 1 is 1.54 bits per heavy atom. The minimum absolute atomic E-state index is 0.101. The van der Waals surface area contributed by atoms with E-state index in [0.717, 1.165) is 25.7 Å². The number of ether oxygens (including phenoxy) is 1. The molecule has 1 N–H and O–H groups in total. The van der Waals surface area contributed by atoms with Crippen molar-refractivity contribution < 1.29 is 9.53 Å². The number of carbonyl (C=O) groups is 1. The minimum Gasteiger partial charge on any atom is -0.466 e. The summed E-state index contributed by atoms with van der Waals surface area (Å²) in [5.74, 6) is -0.101. The Balaban J connectivity index is 2.65. The van der Waals surface area contributed by atoms with Gasteiger partial charge in [0.05, 0.1) is 12.0 Å². The van der Waals surface area contributed by atoms with Gasteiger partial charge < -0.3 is 10.1 Å². The fourth-order valence-electron chi connectivity index (χ4n) is 2.02. The zero-order valence-electron chi connectivity index (χ0n) is 8.14. The fraction of sp³-hybridized carbons (Fsp3) is 0.800. The molecule has 0 unspecified atom stereocenters. The maximum atomic E-state index is 11.6. The van der Waals surface area contributed by atoms with Crippen LogP contribution in [0.1, 0.15) is 39.0 Å². The molecule has 0 bridgehead atoms. The van der Waals surface area contributed by atoms with Crippen LogP contribution < -0.4 is 0 Å². The molecule has 3 nitrogen and oxygen atoms in total. The van der Waals surface area contributed by atoms with Crippen LogP contribution in [-0.2, 0) is 9.53 Å². The Kier molecular flexibility index (Phi) is 3.46. The van der Waals surface area contributed by atoms with Crippen molar-refractivity contribution >= 4 is 12.2 Å². The molecule has 3 heteroatoms. The molecule has 74 valence electrons. The smallest absolute Gasteiger partial charge is 0.312 e. The first-order chi connectivity index (χ1) is 6.25. The first kappa shape index (κ1) is 10.2. The minimum atomic E-state index is -0.349. The Hall–Kier alpha value is -0.860. The van der Waals surface area contributed by atoms with Crippen LogP contribution in [-0.4, -0.2) is 18.8 Å². The summed E-state index contributed by atoms with van der Waals surface area (Å²) in [6.45, 7) is 2.27. The zero-order chi connectivity index (χ0) is 9.73. The highest BCUT2D eigenvalue weighted by Crippen LogP contribution is 2.41. The molecule has 1 aliphatic carbocycles. The summed E-state index contributed by atoms with van der Waals surface area (Å²) in [6.07, 6.45) is 5.84. The van der Waals surface area contributed by atoms with E-state index in [1.165, 1.54) is 6.21 Å². The molecule has 0 aliphatic heterocycles. The van der Waals surface area contributed by atoms with Crippen LogP contribution in [0.25, 0.3) is 0 Å². The second-order valence-electron chi connectivity index (χ2n) is 3.62. The number of carbonyl (C=O) groups excluding carboxylic acids is 1. The van der Waals surface area contributed by atoms with Crippen LogP contribution in [0.3, 0.4) is 0 Å². The lowest BCUT2D eigenvalue weighted by Gasteiger charge is -2.24. The number of hydrogen-bond acceptors (Lipinski definition) is 3. The quantitative estimate of drug-likeness (QED) is 0.536. The van der Waals surface area contributed by atoms with Gasteiger partial charge in [-0.15, -0.1) is 0 Å². The van der Waals surface area contributed by atoms with Gasteiger partial charge in [0.15, 0.2) is 0 Å². The molecule has 13 heavy (non-hydrogen) atoms. The van der Waals surface area contributed by atoms with E-state index in [1.54, 1.807) is 0 Å². The van der Waals surface area contributed by atoms with Crippen molar-refractivity contribution in [2.75, 3.05) is 6.61 Å². The summed E-state index contributed by atoms with van der Waals surface area (Å²) in [6, 6.07) is 0. The molecular formula is C10H17NO2. The van der Waals surface area contributed by atoms with Gasteiger partial charge in [-0.25, -0.2) is 0 Å². The average Bonchev–Trinajstić information content (AvgIpc) is 2.55. The first-order valence-corrected chi connectivity index (χ1v) is 4.91. The van der Waals surface area contributed by atoms with Crippen LogP contribution >= 0.6 is 0 Å². The predicted octanol–water partition coefficient (Wildman–Crippen LogP) is 2.15. The standard InChI is InChI=1S/C10H17NO2/c1-2-13-9(12)10(7-8-11)5-3-4-6-10/h8,11H,2-7H2,1H3.